The Labute approximate surface area is 92.2 Å². The molecule has 2 heteroatoms. The third kappa shape index (κ3) is 3.24. The highest BCUT2D eigenvalue weighted by atomic mass is 16.5. The first kappa shape index (κ1) is 12.1. The molecule has 0 saturated heterocycles. The van der Waals surface area contributed by atoms with Crippen molar-refractivity contribution in [2.45, 2.75) is 20.3 Å². The van der Waals surface area contributed by atoms with Gasteiger partial charge in [-0.25, -0.2) is 0 Å². The van der Waals surface area contributed by atoms with E-state index in [1.54, 1.807) is 7.11 Å². The fraction of sp³-hybridized carbons (Fsp3) is 0.462. The summed E-state index contributed by atoms with van der Waals surface area (Å²) in [6.07, 6.45) is 0.819. The van der Waals surface area contributed by atoms with Crippen molar-refractivity contribution in [3.63, 3.8) is 0 Å². The maximum atomic E-state index is 5.66. The van der Waals surface area contributed by atoms with Crippen molar-refractivity contribution in [3.05, 3.63) is 35.7 Å². The molecule has 0 saturated carbocycles. The van der Waals surface area contributed by atoms with Gasteiger partial charge in [-0.3, -0.25) is 0 Å². The molecule has 0 aliphatic carbocycles. The molecule has 0 atom stereocenters. The van der Waals surface area contributed by atoms with Gasteiger partial charge in [0, 0.05) is 7.11 Å². The second-order valence-corrected chi connectivity index (χ2v) is 3.65. The van der Waals surface area contributed by atoms with E-state index >= 15 is 0 Å². The molecule has 2 nitrogen and oxygen atoms in total. The van der Waals surface area contributed by atoms with Crippen molar-refractivity contribution in [3.8, 4) is 5.75 Å². The SMILES string of the molecule is [CH2]Cc1cc(C)c(OCCOC)c(C)c1. The van der Waals surface area contributed by atoms with Crippen molar-refractivity contribution in [1.29, 1.82) is 0 Å². The van der Waals surface area contributed by atoms with Gasteiger partial charge < -0.3 is 9.47 Å². The fourth-order valence-electron chi connectivity index (χ4n) is 1.64. The van der Waals surface area contributed by atoms with Crippen molar-refractivity contribution in [1.82, 2.24) is 0 Å². The molecule has 0 heterocycles. The van der Waals surface area contributed by atoms with Crippen molar-refractivity contribution >= 4 is 0 Å². The Balaban J connectivity index is 2.79. The zero-order valence-corrected chi connectivity index (χ0v) is 9.80. The summed E-state index contributed by atoms with van der Waals surface area (Å²) in [5.41, 5.74) is 3.60. The molecule has 1 rings (SSSR count). The Kier molecular flexibility index (Phi) is 4.63. The fourth-order valence-corrected chi connectivity index (χ4v) is 1.64. The molecule has 0 aliphatic heterocycles. The highest BCUT2D eigenvalue weighted by molar-refractivity contribution is 5.43. The lowest BCUT2D eigenvalue weighted by molar-refractivity contribution is 0.145. The highest BCUT2D eigenvalue weighted by Gasteiger charge is 2.05. The maximum Gasteiger partial charge on any atom is 0.125 e. The first-order chi connectivity index (χ1) is 7.19. The Bertz CT molecular complexity index is 295. The molecule has 83 valence electrons. The van der Waals surface area contributed by atoms with Crippen LogP contribution in [0.2, 0.25) is 0 Å². The third-order valence-electron chi connectivity index (χ3n) is 2.34. The lowest BCUT2D eigenvalue weighted by Crippen LogP contribution is -2.06. The van der Waals surface area contributed by atoms with Crippen LogP contribution in [0.4, 0.5) is 0 Å². The summed E-state index contributed by atoms with van der Waals surface area (Å²) in [6.45, 7) is 9.23. The summed E-state index contributed by atoms with van der Waals surface area (Å²) in [7, 11) is 1.68. The number of ether oxygens (including phenoxy) is 2. The molecule has 0 amide bonds. The molecule has 0 aromatic heterocycles. The second-order valence-electron chi connectivity index (χ2n) is 3.65. The number of hydrogen-bond donors (Lipinski definition) is 0. The predicted octanol–water partition coefficient (Wildman–Crippen LogP) is 2.71. The third-order valence-corrected chi connectivity index (χ3v) is 2.34. The minimum absolute atomic E-state index is 0.599. The van der Waals surface area contributed by atoms with Crippen LogP contribution in [0.1, 0.15) is 16.7 Å². The molecular formula is C13H19O2. The van der Waals surface area contributed by atoms with Gasteiger partial charge in [-0.1, -0.05) is 12.1 Å². The number of methoxy groups -OCH3 is 1. The van der Waals surface area contributed by atoms with Gasteiger partial charge in [0.25, 0.3) is 0 Å². The normalized spacial score (nSPS) is 10.4. The van der Waals surface area contributed by atoms with Crippen molar-refractivity contribution in [2.24, 2.45) is 0 Å². The van der Waals surface area contributed by atoms with Crippen LogP contribution < -0.4 is 4.74 Å². The van der Waals surface area contributed by atoms with Crippen molar-refractivity contribution < 1.29 is 9.47 Å². The van der Waals surface area contributed by atoms with E-state index in [9.17, 15) is 0 Å². The summed E-state index contributed by atoms with van der Waals surface area (Å²) < 4.78 is 10.6. The summed E-state index contributed by atoms with van der Waals surface area (Å²) in [4.78, 5) is 0. The van der Waals surface area contributed by atoms with Gasteiger partial charge in [0.15, 0.2) is 0 Å². The zero-order valence-electron chi connectivity index (χ0n) is 9.80. The van der Waals surface area contributed by atoms with Crippen LogP contribution in [0.25, 0.3) is 0 Å². The summed E-state index contributed by atoms with van der Waals surface area (Å²) in [6, 6.07) is 4.25. The quantitative estimate of drug-likeness (QED) is 0.691. The minimum atomic E-state index is 0.599. The van der Waals surface area contributed by atoms with Gasteiger partial charge in [0.1, 0.15) is 12.4 Å². The number of hydrogen-bond acceptors (Lipinski definition) is 2. The largest absolute Gasteiger partial charge is 0.491 e. The van der Waals surface area contributed by atoms with Gasteiger partial charge in [-0.05, 0) is 43.9 Å². The molecule has 1 radical (unpaired) electrons. The number of benzene rings is 1. The molecule has 0 aliphatic rings. The van der Waals surface area contributed by atoms with Gasteiger partial charge in [0.2, 0.25) is 0 Å². The molecule has 0 unspecified atom stereocenters. The van der Waals surface area contributed by atoms with Gasteiger partial charge in [-0.15, -0.1) is 0 Å². The van der Waals surface area contributed by atoms with Gasteiger partial charge in [0.05, 0.1) is 6.61 Å². The van der Waals surface area contributed by atoms with E-state index in [2.05, 4.69) is 32.9 Å². The molecule has 15 heavy (non-hydrogen) atoms. The zero-order chi connectivity index (χ0) is 11.3. The first-order valence-corrected chi connectivity index (χ1v) is 5.20. The minimum Gasteiger partial charge on any atom is -0.491 e. The Morgan fingerprint density at radius 2 is 1.73 bits per heavy atom. The average Bonchev–Trinajstić information content (AvgIpc) is 2.22. The monoisotopic (exact) mass is 207 g/mol. The van der Waals surface area contributed by atoms with Gasteiger partial charge in [-0.2, -0.15) is 0 Å². The van der Waals surface area contributed by atoms with Crippen molar-refractivity contribution in [2.75, 3.05) is 20.3 Å². The van der Waals surface area contributed by atoms with E-state index in [-0.39, 0.29) is 0 Å². The van der Waals surface area contributed by atoms with Crippen LogP contribution in [0.15, 0.2) is 12.1 Å². The van der Waals surface area contributed by atoms with Crippen LogP contribution in [-0.2, 0) is 11.2 Å². The molecule has 0 bridgehead atoms. The molecule has 1 aromatic rings. The lowest BCUT2D eigenvalue weighted by Gasteiger charge is -2.13. The van der Waals surface area contributed by atoms with E-state index in [1.807, 2.05) is 0 Å². The molecule has 0 fully saturated rings. The Morgan fingerprint density at radius 3 is 2.20 bits per heavy atom. The number of aryl methyl sites for hydroxylation is 2. The Hall–Kier alpha value is -1.02. The summed E-state index contributed by atoms with van der Waals surface area (Å²) in [5.74, 6) is 0.976. The number of rotatable bonds is 5. The van der Waals surface area contributed by atoms with Crippen LogP contribution in [0.5, 0.6) is 5.75 Å². The van der Waals surface area contributed by atoms with Crippen LogP contribution in [-0.4, -0.2) is 20.3 Å². The first-order valence-electron chi connectivity index (χ1n) is 5.20. The van der Waals surface area contributed by atoms with E-state index in [0.29, 0.717) is 13.2 Å². The molecular weight excluding hydrogens is 188 g/mol. The van der Waals surface area contributed by atoms with E-state index in [1.165, 1.54) is 16.7 Å². The summed E-state index contributed by atoms with van der Waals surface area (Å²) >= 11 is 0. The molecule has 0 N–H and O–H groups in total. The second kappa shape index (κ2) is 5.76. The standard InChI is InChI=1S/C13H19O2/c1-5-12-8-10(2)13(11(3)9-12)15-7-6-14-4/h8-9H,1,5-7H2,2-4H3. The van der Waals surface area contributed by atoms with E-state index in [0.717, 1.165) is 12.2 Å². The Morgan fingerprint density at radius 1 is 1.13 bits per heavy atom. The molecule has 1 aromatic carbocycles. The smallest absolute Gasteiger partial charge is 0.125 e. The van der Waals surface area contributed by atoms with E-state index < -0.39 is 0 Å². The lowest BCUT2D eigenvalue weighted by atomic mass is 10.0. The maximum absolute atomic E-state index is 5.66. The highest BCUT2D eigenvalue weighted by Crippen LogP contribution is 2.24. The van der Waals surface area contributed by atoms with Crippen LogP contribution >= 0.6 is 0 Å². The average molecular weight is 207 g/mol. The van der Waals surface area contributed by atoms with E-state index in [4.69, 9.17) is 9.47 Å². The van der Waals surface area contributed by atoms with Gasteiger partial charge >= 0.3 is 0 Å². The van der Waals surface area contributed by atoms with Crippen LogP contribution in [0.3, 0.4) is 0 Å². The van der Waals surface area contributed by atoms with Crippen LogP contribution in [0, 0.1) is 20.8 Å². The topological polar surface area (TPSA) is 18.5 Å². The summed E-state index contributed by atoms with van der Waals surface area (Å²) in [5, 5.41) is 0. The molecule has 0 spiro atoms. The predicted molar refractivity (Wildman–Crippen MR) is 62.3 cm³/mol.